The van der Waals surface area contributed by atoms with Crippen molar-refractivity contribution in [2.45, 2.75) is 20.8 Å². The Labute approximate surface area is 164 Å². The van der Waals surface area contributed by atoms with Gasteiger partial charge < -0.3 is 4.40 Å². The molecule has 0 atom stereocenters. The molecule has 0 N–H and O–H groups in total. The zero-order valence-electron chi connectivity index (χ0n) is 15.6. The minimum Gasteiger partial charge on any atom is -0.304 e. The predicted molar refractivity (Wildman–Crippen MR) is 113 cm³/mol. The number of imidazole rings is 1. The second-order valence-corrected chi connectivity index (χ2v) is 6.35. The normalized spacial score (nSPS) is 10.4. The summed E-state index contributed by atoms with van der Waals surface area (Å²) < 4.78 is 1.80. The lowest BCUT2D eigenvalue weighted by molar-refractivity contribution is 0.112. The summed E-state index contributed by atoms with van der Waals surface area (Å²) in [7, 11) is 0. The number of carbonyl (C=O) groups is 1. The van der Waals surface area contributed by atoms with Gasteiger partial charge in [-0.3, -0.25) is 4.79 Å². The van der Waals surface area contributed by atoms with E-state index in [0.29, 0.717) is 16.2 Å². The van der Waals surface area contributed by atoms with Gasteiger partial charge in [0.1, 0.15) is 0 Å². The van der Waals surface area contributed by atoms with Crippen molar-refractivity contribution in [3.63, 3.8) is 0 Å². The van der Waals surface area contributed by atoms with E-state index in [-0.39, 0.29) is 0 Å². The number of rotatable bonds is 3. The lowest BCUT2D eigenvalue weighted by atomic mass is 9.95. The summed E-state index contributed by atoms with van der Waals surface area (Å²) in [6.07, 6.45) is 4.43. The van der Waals surface area contributed by atoms with E-state index in [1.807, 2.05) is 44.3 Å². The van der Waals surface area contributed by atoms with Crippen LogP contribution in [0.4, 0.5) is 0 Å². The van der Waals surface area contributed by atoms with Crippen LogP contribution < -0.4 is 0 Å². The number of halogens is 1. The van der Waals surface area contributed by atoms with Crippen LogP contribution in [0, 0.1) is 6.92 Å². The summed E-state index contributed by atoms with van der Waals surface area (Å²) in [5.74, 6) is 0. The molecule has 0 saturated heterocycles. The summed E-state index contributed by atoms with van der Waals surface area (Å²) in [5, 5.41) is 0.465. The van der Waals surface area contributed by atoms with Crippen LogP contribution in [0.1, 0.15) is 29.8 Å². The number of carbonyl (C=O) groups excluding carboxylic acids is 1. The van der Waals surface area contributed by atoms with Gasteiger partial charge in [-0.1, -0.05) is 74.0 Å². The fourth-order valence-electron chi connectivity index (χ4n) is 3.12. The molecule has 0 spiro atoms. The molecule has 2 heterocycles. The topological polar surface area (TPSA) is 34.4 Å². The minimum absolute atomic E-state index is 0.465. The standard InChI is InChI=1S/C21H15ClN2O.C2H6/c1-14-17(16-6-3-2-4-7-16)8-5-9-18(14)20-12-24-11-15(13-25)10-19(22)21(24)23-20;1-2/h2-13H,1H3;1-2H3. The number of aromatic nitrogens is 2. The van der Waals surface area contributed by atoms with E-state index in [9.17, 15) is 4.79 Å². The van der Waals surface area contributed by atoms with Crippen LogP contribution in [0.15, 0.2) is 67.0 Å². The molecule has 3 nitrogen and oxygen atoms in total. The molecule has 4 heteroatoms. The fourth-order valence-corrected chi connectivity index (χ4v) is 3.38. The second kappa shape index (κ2) is 8.19. The SMILES string of the molecule is CC.Cc1c(-c2ccccc2)cccc1-c1cn2cc(C=O)cc(Cl)c2n1. The molecule has 136 valence electrons. The van der Waals surface area contributed by atoms with E-state index in [1.165, 1.54) is 11.1 Å². The van der Waals surface area contributed by atoms with Gasteiger partial charge in [-0.15, -0.1) is 0 Å². The molecule has 0 unspecified atom stereocenters. The first-order chi connectivity index (χ1) is 13.2. The van der Waals surface area contributed by atoms with Gasteiger partial charge in [0.2, 0.25) is 0 Å². The van der Waals surface area contributed by atoms with Gasteiger partial charge in [0.25, 0.3) is 0 Å². The molecule has 4 aromatic rings. The third-order valence-electron chi connectivity index (χ3n) is 4.36. The highest BCUT2D eigenvalue weighted by Gasteiger charge is 2.13. The third-order valence-corrected chi connectivity index (χ3v) is 4.64. The van der Waals surface area contributed by atoms with Crippen molar-refractivity contribution in [2.24, 2.45) is 0 Å². The largest absolute Gasteiger partial charge is 0.304 e. The van der Waals surface area contributed by atoms with Crippen molar-refractivity contribution in [2.75, 3.05) is 0 Å². The molecule has 0 aliphatic heterocycles. The molecule has 0 aliphatic rings. The molecule has 27 heavy (non-hydrogen) atoms. The highest BCUT2D eigenvalue weighted by Crippen LogP contribution is 2.32. The van der Waals surface area contributed by atoms with E-state index >= 15 is 0 Å². The predicted octanol–water partition coefficient (Wildman–Crippen LogP) is 6.47. The van der Waals surface area contributed by atoms with Crippen LogP contribution >= 0.6 is 11.6 Å². The van der Waals surface area contributed by atoms with Crippen molar-refractivity contribution in [1.82, 2.24) is 9.38 Å². The third kappa shape index (κ3) is 3.64. The van der Waals surface area contributed by atoms with Crippen LogP contribution in [0.5, 0.6) is 0 Å². The molecule has 0 radical (unpaired) electrons. The first-order valence-electron chi connectivity index (χ1n) is 8.96. The summed E-state index contributed by atoms with van der Waals surface area (Å²) in [4.78, 5) is 15.7. The molecular weight excluding hydrogens is 356 g/mol. The monoisotopic (exact) mass is 376 g/mol. The molecule has 0 amide bonds. The number of benzene rings is 2. The van der Waals surface area contributed by atoms with Crippen LogP contribution in [-0.2, 0) is 0 Å². The van der Waals surface area contributed by atoms with Gasteiger partial charge in [-0.25, -0.2) is 4.98 Å². The molecule has 4 rings (SSSR count). The van der Waals surface area contributed by atoms with E-state index in [0.717, 1.165) is 23.1 Å². The van der Waals surface area contributed by atoms with Gasteiger partial charge in [0.05, 0.1) is 10.7 Å². The van der Waals surface area contributed by atoms with E-state index in [4.69, 9.17) is 11.6 Å². The number of aldehydes is 1. The number of hydrogen-bond donors (Lipinski definition) is 0. The zero-order chi connectivity index (χ0) is 19.4. The number of fused-ring (bicyclic) bond motifs is 1. The average molecular weight is 377 g/mol. The van der Waals surface area contributed by atoms with Gasteiger partial charge >= 0.3 is 0 Å². The van der Waals surface area contributed by atoms with Crippen molar-refractivity contribution < 1.29 is 4.79 Å². The lowest BCUT2D eigenvalue weighted by Crippen LogP contribution is -1.88. The quantitative estimate of drug-likeness (QED) is 0.384. The maximum Gasteiger partial charge on any atom is 0.156 e. The first kappa shape index (κ1) is 18.9. The van der Waals surface area contributed by atoms with E-state index in [2.05, 4.69) is 36.2 Å². The van der Waals surface area contributed by atoms with Crippen LogP contribution in [-0.4, -0.2) is 15.7 Å². The summed E-state index contributed by atoms with van der Waals surface area (Å²) in [6.45, 7) is 6.10. The zero-order valence-corrected chi connectivity index (χ0v) is 16.4. The molecule has 2 aromatic carbocycles. The first-order valence-corrected chi connectivity index (χ1v) is 9.34. The van der Waals surface area contributed by atoms with Crippen LogP contribution in [0.25, 0.3) is 28.0 Å². The van der Waals surface area contributed by atoms with Gasteiger partial charge in [0.15, 0.2) is 11.9 Å². The van der Waals surface area contributed by atoms with Crippen LogP contribution in [0.2, 0.25) is 5.02 Å². The molecule has 0 saturated carbocycles. The Bertz CT molecular complexity index is 1080. The Balaban J connectivity index is 0.00000102. The Morgan fingerprint density at radius 3 is 2.37 bits per heavy atom. The van der Waals surface area contributed by atoms with E-state index < -0.39 is 0 Å². The molecular formula is C23H21ClN2O. The second-order valence-electron chi connectivity index (χ2n) is 5.94. The Hall–Kier alpha value is -2.91. The number of nitrogens with zero attached hydrogens (tertiary/aromatic N) is 2. The molecule has 0 bridgehead atoms. The Morgan fingerprint density at radius 1 is 0.963 bits per heavy atom. The molecule has 0 fully saturated rings. The van der Waals surface area contributed by atoms with E-state index in [1.54, 1.807) is 16.7 Å². The average Bonchev–Trinajstić information content (AvgIpc) is 3.15. The van der Waals surface area contributed by atoms with Crippen molar-refractivity contribution >= 4 is 23.5 Å². The molecule has 0 aliphatic carbocycles. The molecule has 2 aromatic heterocycles. The number of hydrogen-bond acceptors (Lipinski definition) is 2. The maximum absolute atomic E-state index is 11.0. The van der Waals surface area contributed by atoms with Gasteiger partial charge in [0, 0.05) is 23.5 Å². The summed E-state index contributed by atoms with van der Waals surface area (Å²) in [5.41, 5.74) is 6.56. The lowest BCUT2D eigenvalue weighted by Gasteiger charge is -2.10. The van der Waals surface area contributed by atoms with Gasteiger partial charge in [-0.2, -0.15) is 0 Å². The van der Waals surface area contributed by atoms with Crippen molar-refractivity contribution in [1.29, 1.82) is 0 Å². The highest BCUT2D eigenvalue weighted by molar-refractivity contribution is 6.33. The van der Waals surface area contributed by atoms with Crippen molar-refractivity contribution in [3.05, 3.63) is 83.1 Å². The smallest absolute Gasteiger partial charge is 0.156 e. The highest BCUT2D eigenvalue weighted by atomic mass is 35.5. The fraction of sp³-hybridized carbons (Fsp3) is 0.130. The minimum atomic E-state index is 0.465. The van der Waals surface area contributed by atoms with Crippen LogP contribution in [0.3, 0.4) is 0 Å². The van der Waals surface area contributed by atoms with Crippen molar-refractivity contribution in [3.8, 4) is 22.4 Å². The number of pyridine rings is 1. The summed E-state index contributed by atoms with van der Waals surface area (Å²) in [6, 6.07) is 18.1. The maximum atomic E-state index is 11.0. The Kier molecular flexibility index (Phi) is 5.72. The Morgan fingerprint density at radius 2 is 1.67 bits per heavy atom. The summed E-state index contributed by atoms with van der Waals surface area (Å²) >= 11 is 6.27. The van der Waals surface area contributed by atoms with Gasteiger partial charge in [-0.05, 0) is 29.7 Å².